The molecule has 1 aliphatic rings. The summed E-state index contributed by atoms with van der Waals surface area (Å²) in [6, 6.07) is 10.5. The van der Waals surface area contributed by atoms with Crippen LogP contribution in [-0.2, 0) is 11.3 Å². The van der Waals surface area contributed by atoms with Gasteiger partial charge in [0.1, 0.15) is 5.82 Å². The maximum Gasteiger partial charge on any atom is 0.189 e. The summed E-state index contributed by atoms with van der Waals surface area (Å²) in [5, 5.41) is 11.3. The molecule has 30 heavy (non-hydrogen) atoms. The smallest absolute Gasteiger partial charge is 0.189 e. The number of fused-ring (bicyclic) bond motifs is 1. The third kappa shape index (κ3) is 3.94. The lowest BCUT2D eigenvalue weighted by molar-refractivity contribution is 0.107. The van der Waals surface area contributed by atoms with Gasteiger partial charge >= 0.3 is 0 Å². The zero-order chi connectivity index (χ0) is 20.5. The number of aromatic amines is 1. The van der Waals surface area contributed by atoms with E-state index in [1.54, 1.807) is 18.4 Å². The zero-order valence-corrected chi connectivity index (χ0v) is 17.9. The standard InChI is InChI=1S/C22H24N6OS/c1-14-18(11-24-27-14)16-3-4-19-20(10-16)30-22(25-19)26-21-9-15(5-7-23-21)12-28-8-6-17(13-28)29-2/h3-5,7,9-11,17H,6,8,12-13H2,1-2H3,(H,24,27)(H,23,25,26)/t17-/m0/s1. The molecule has 1 aromatic carbocycles. The molecule has 4 aromatic rings. The summed E-state index contributed by atoms with van der Waals surface area (Å²) >= 11 is 1.63. The van der Waals surface area contributed by atoms with Crippen LogP contribution in [0.1, 0.15) is 17.7 Å². The Labute approximate surface area is 179 Å². The van der Waals surface area contributed by atoms with E-state index in [-0.39, 0.29) is 0 Å². The van der Waals surface area contributed by atoms with Gasteiger partial charge in [-0.1, -0.05) is 17.4 Å². The summed E-state index contributed by atoms with van der Waals surface area (Å²) in [5.41, 5.74) is 5.54. The van der Waals surface area contributed by atoms with Crippen LogP contribution >= 0.6 is 11.3 Å². The first kappa shape index (κ1) is 19.2. The molecule has 154 valence electrons. The molecule has 0 aliphatic carbocycles. The highest BCUT2D eigenvalue weighted by Crippen LogP contribution is 2.32. The second kappa shape index (κ2) is 8.14. The van der Waals surface area contributed by atoms with Gasteiger partial charge in [0.05, 0.1) is 22.5 Å². The van der Waals surface area contributed by atoms with Crippen LogP contribution in [0.2, 0.25) is 0 Å². The van der Waals surface area contributed by atoms with Crippen LogP contribution in [0.25, 0.3) is 21.3 Å². The molecule has 1 aliphatic heterocycles. The second-order valence-electron chi connectivity index (χ2n) is 7.67. The molecule has 0 unspecified atom stereocenters. The summed E-state index contributed by atoms with van der Waals surface area (Å²) in [4.78, 5) is 11.6. The maximum absolute atomic E-state index is 5.47. The Bertz CT molecular complexity index is 1170. The number of nitrogens with zero attached hydrogens (tertiary/aromatic N) is 4. The highest BCUT2D eigenvalue weighted by molar-refractivity contribution is 7.22. The molecule has 2 N–H and O–H groups in total. The molecular weight excluding hydrogens is 396 g/mol. The number of ether oxygens (including phenoxy) is 1. The number of rotatable bonds is 6. The number of H-pyrrole nitrogens is 1. The Balaban J connectivity index is 1.32. The van der Waals surface area contributed by atoms with Crippen molar-refractivity contribution in [1.29, 1.82) is 0 Å². The lowest BCUT2D eigenvalue weighted by Gasteiger charge is -2.16. The van der Waals surface area contributed by atoms with Crippen LogP contribution in [0, 0.1) is 6.92 Å². The van der Waals surface area contributed by atoms with E-state index in [2.05, 4.69) is 55.7 Å². The Morgan fingerprint density at radius 1 is 1.30 bits per heavy atom. The van der Waals surface area contributed by atoms with Gasteiger partial charge < -0.3 is 10.1 Å². The lowest BCUT2D eigenvalue weighted by Crippen LogP contribution is -2.22. The molecule has 5 rings (SSSR count). The van der Waals surface area contributed by atoms with Crippen LogP contribution in [0.15, 0.2) is 42.7 Å². The highest BCUT2D eigenvalue weighted by Gasteiger charge is 2.22. The molecule has 0 spiro atoms. The average Bonchev–Trinajstić information content (AvgIpc) is 3.47. The quantitative estimate of drug-likeness (QED) is 0.483. The number of anilines is 2. The van der Waals surface area contributed by atoms with Crippen LogP contribution in [-0.4, -0.2) is 51.4 Å². The van der Waals surface area contributed by atoms with Gasteiger partial charge in [-0.2, -0.15) is 5.10 Å². The predicted molar refractivity (Wildman–Crippen MR) is 120 cm³/mol. The first-order chi connectivity index (χ1) is 14.7. The van der Waals surface area contributed by atoms with Crippen molar-refractivity contribution in [3.8, 4) is 11.1 Å². The normalized spacial score (nSPS) is 17.1. The molecule has 8 heteroatoms. The van der Waals surface area contributed by atoms with Gasteiger partial charge in [-0.25, -0.2) is 9.97 Å². The molecule has 1 saturated heterocycles. The summed E-state index contributed by atoms with van der Waals surface area (Å²) in [7, 11) is 1.79. The molecule has 0 bridgehead atoms. The van der Waals surface area contributed by atoms with Gasteiger partial charge in [0.25, 0.3) is 0 Å². The Morgan fingerprint density at radius 3 is 3.03 bits per heavy atom. The molecule has 0 saturated carbocycles. The number of hydrogen-bond acceptors (Lipinski definition) is 7. The molecular formula is C22H24N6OS. The van der Waals surface area contributed by atoms with Crippen molar-refractivity contribution < 1.29 is 4.74 Å². The van der Waals surface area contributed by atoms with E-state index in [1.165, 1.54) is 5.56 Å². The molecule has 3 aromatic heterocycles. The number of aromatic nitrogens is 4. The van der Waals surface area contributed by atoms with Crippen molar-refractivity contribution in [2.24, 2.45) is 0 Å². The van der Waals surface area contributed by atoms with Crippen molar-refractivity contribution in [2.75, 3.05) is 25.5 Å². The van der Waals surface area contributed by atoms with Crippen molar-refractivity contribution in [1.82, 2.24) is 25.1 Å². The number of benzene rings is 1. The highest BCUT2D eigenvalue weighted by atomic mass is 32.1. The van der Waals surface area contributed by atoms with Crippen molar-refractivity contribution >= 4 is 32.5 Å². The number of nitrogens with one attached hydrogen (secondary N) is 2. The lowest BCUT2D eigenvalue weighted by atomic mass is 10.1. The van der Waals surface area contributed by atoms with Gasteiger partial charge in [0.15, 0.2) is 5.13 Å². The van der Waals surface area contributed by atoms with Gasteiger partial charge in [0, 0.05) is 44.2 Å². The average molecular weight is 421 g/mol. The third-order valence-corrected chi connectivity index (χ3v) is 6.49. The summed E-state index contributed by atoms with van der Waals surface area (Å²) < 4.78 is 6.60. The second-order valence-corrected chi connectivity index (χ2v) is 8.70. The number of methoxy groups -OCH3 is 1. The Hall–Kier alpha value is -2.81. The molecule has 1 fully saturated rings. The van der Waals surface area contributed by atoms with Crippen LogP contribution < -0.4 is 5.32 Å². The molecule has 0 amide bonds. The van der Waals surface area contributed by atoms with E-state index in [0.717, 1.165) is 64.0 Å². The van der Waals surface area contributed by atoms with E-state index in [9.17, 15) is 0 Å². The fraction of sp³-hybridized carbons (Fsp3) is 0.318. The number of hydrogen-bond donors (Lipinski definition) is 2. The van der Waals surface area contributed by atoms with Crippen molar-refractivity contribution in [2.45, 2.75) is 26.0 Å². The fourth-order valence-corrected chi connectivity index (χ4v) is 4.84. The van der Waals surface area contributed by atoms with Gasteiger partial charge in [-0.3, -0.25) is 10.00 Å². The van der Waals surface area contributed by atoms with E-state index in [0.29, 0.717) is 6.10 Å². The molecule has 4 heterocycles. The van der Waals surface area contributed by atoms with Crippen LogP contribution in [0.3, 0.4) is 0 Å². The van der Waals surface area contributed by atoms with Crippen molar-refractivity contribution in [3.05, 3.63) is 54.0 Å². The first-order valence-electron chi connectivity index (χ1n) is 10.1. The predicted octanol–water partition coefficient (Wildman–Crippen LogP) is 4.35. The summed E-state index contributed by atoms with van der Waals surface area (Å²) in [6.07, 6.45) is 5.16. The number of aryl methyl sites for hydroxylation is 1. The summed E-state index contributed by atoms with van der Waals surface area (Å²) in [5.74, 6) is 0.819. The Kier molecular flexibility index (Phi) is 5.20. The topological polar surface area (TPSA) is 79.0 Å². The van der Waals surface area contributed by atoms with Crippen LogP contribution in [0.5, 0.6) is 0 Å². The SMILES string of the molecule is CO[C@H]1CCN(Cc2ccnc(Nc3nc4ccc(-c5cn[nH]c5C)cc4s3)c2)C1. The largest absolute Gasteiger partial charge is 0.380 e. The fourth-order valence-electron chi connectivity index (χ4n) is 3.93. The zero-order valence-electron chi connectivity index (χ0n) is 17.1. The van der Waals surface area contributed by atoms with Gasteiger partial charge in [-0.15, -0.1) is 0 Å². The molecule has 1 atom stereocenters. The van der Waals surface area contributed by atoms with Crippen LogP contribution in [0.4, 0.5) is 10.9 Å². The minimum Gasteiger partial charge on any atom is -0.380 e. The first-order valence-corrected chi connectivity index (χ1v) is 10.9. The number of pyridine rings is 1. The molecule has 0 radical (unpaired) electrons. The van der Waals surface area contributed by atoms with E-state index in [1.807, 2.05) is 19.3 Å². The third-order valence-electron chi connectivity index (χ3n) is 5.56. The minimum atomic E-state index is 0.350. The monoisotopic (exact) mass is 420 g/mol. The van der Waals surface area contributed by atoms with Gasteiger partial charge in [0.2, 0.25) is 0 Å². The van der Waals surface area contributed by atoms with Gasteiger partial charge in [-0.05, 0) is 48.7 Å². The van der Waals surface area contributed by atoms with Crippen molar-refractivity contribution in [3.63, 3.8) is 0 Å². The number of likely N-dealkylation sites (tertiary alicyclic amines) is 1. The van der Waals surface area contributed by atoms with E-state index in [4.69, 9.17) is 9.72 Å². The molecule has 7 nitrogen and oxygen atoms in total. The Morgan fingerprint density at radius 2 is 2.23 bits per heavy atom. The van der Waals surface area contributed by atoms with E-state index < -0.39 is 0 Å². The minimum absolute atomic E-state index is 0.350. The number of thiazole rings is 1. The maximum atomic E-state index is 5.47. The summed E-state index contributed by atoms with van der Waals surface area (Å²) in [6.45, 7) is 4.99. The van der Waals surface area contributed by atoms with E-state index >= 15 is 0 Å².